The van der Waals surface area contributed by atoms with E-state index in [-0.39, 0.29) is 6.10 Å². The molecule has 0 aliphatic heterocycles. The first-order valence-corrected chi connectivity index (χ1v) is 7.10. The molecule has 4 heteroatoms. The Bertz CT molecular complexity index is 345. The van der Waals surface area contributed by atoms with Gasteiger partial charge in [0.2, 0.25) is 0 Å². The molecule has 102 valence electrons. The summed E-state index contributed by atoms with van der Waals surface area (Å²) < 4.78 is 2.04. The quantitative estimate of drug-likeness (QED) is 0.722. The van der Waals surface area contributed by atoms with Crippen LogP contribution in [0.3, 0.4) is 0 Å². The molecule has 0 spiro atoms. The lowest BCUT2D eigenvalue weighted by molar-refractivity contribution is 0.141. The standard InChI is InChI=1S/C14H25N3O/c1-17-9-8-16-14(17)6-7-15-11-13(18)10-12-4-2-3-5-12/h8-9,12-13,15,18H,2-7,10-11H2,1H3. The van der Waals surface area contributed by atoms with Crippen molar-refractivity contribution >= 4 is 0 Å². The monoisotopic (exact) mass is 251 g/mol. The van der Waals surface area contributed by atoms with Crippen LogP contribution >= 0.6 is 0 Å². The summed E-state index contributed by atoms with van der Waals surface area (Å²) in [6.45, 7) is 1.59. The van der Waals surface area contributed by atoms with Crippen LogP contribution < -0.4 is 5.32 Å². The summed E-state index contributed by atoms with van der Waals surface area (Å²) in [6, 6.07) is 0. The Hall–Kier alpha value is -0.870. The highest BCUT2D eigenvalue weighted by molar-refractivity contribution is 4.91. The molecule has 2 rings (SSSR count). The van der Waals surface area contributed by atoms with Crippen molar-refractivity contribution < 1.29 is 5.11 Å². The summed E-state index contributed by atoms with van der Waals surface area (Å²) in [6.07, 6.45) is 10.8. The first-order valence-electron chi connectivity index (χ1n) is 7.10. The molecule has 0 saturated heterocycles. The van der Waals surface area contributed by atoms with Gasteiger partial charge in [0, 0.05) is 39.0 Å². The minimum atomic E-state index is -0.186. The van der Waals surface area contributed by atoms with E-state index >= 15 is 0 Å². The summed E-state index contributed by atoms with van der Waals surface area (Å²) in [5.74, 6) is 1.85. The molecule has 0 amide bonds. The fourth-order valence-electron chi connectivity index (χ4n) is 2.82. The van der Waals surface area contributed by atoms with Gasteiger partial charge in [-0.1, -0.05) is 25.7 Å². The number of nitrogens with one attached hydrogen (secondary N) is 1. The van der Waals surface area contributed by atoms with Crippen molar-refractivity contribution in [3.63, 3.8) is 0 Å². The number of hydrogen-bond acceptors (Lipinski definition) is 3. The van der Waals surface area contributed by atoms with Crippen molar-refractivity contribution in [3.8, 4) is 0 Å². The van der Waals surface area contributed by atoms with Crippen molar-refractivity contribution in [1.82, 2.24) is 14.9 Å². The highest BCUT2D eigenvalue weighted by atomic mass is 16.3. The highest BCUT2D eigenvalue weighted by Crippen LogP contribution is 2.28. The Kier molecular flexibility index (Phi) is 5.20. The van der Waals surface area contributed by atoms with Gasteiger partial charge in [0.15, 0.2) is 0 Å². The van der Waals surface area contributed by atoms with E-state index < -0.39 is 0 Å². The molecule has 0 radical (unpaired) electrons. The Morgan fingerprint density at radius 3 is 2.94 bits per heavy atom. The molecule has 0 bridgehead atoms. The van der Waals surface area contributed by atoms with Crippen LogP contribution in [-0.2, 0) is 13.5 Å². The normalized spacial score (nSPS) is 18.3. The largest absolute Gasteiger partial charge is 0.392 e. The van der Waals surface area contributed by atoms with Gasteiger partial charge in [-0.15, -0.1) is 0 Å². The maximum absolute atomic E-state index is 9.94. The van der Waals surface area contributed by atoms with Gasteiger partial charge in [-0.3, -0.25) is 0 Å². The number of nitrogens with zero attached hydrogens (tertiary/aromatic N) is 2. The molecule has 1 atom stereocenters. The molecule has 1 unspecified atom stereocenters. The number of rotatable bonds is 7. The van der Waals surface area contributed by atoms with Crippen molar-refractivity contribution in [1.29, 1.82) is 0 Å². The fourth-order valence-corrected chi connectivity index (χ4v) is 2.82. The van der Waals surface area contributed by atoms with E-state index in [0.717, 1.165) is 31.1 Å². The molecule has 1 aromatic heterocycles. The van der Waals surface area contributed by atoms with Crippen molar-refractivity contribution in [2.75, 3.05) is 13.1 Å². The summed E-state index contributed by atoms with van der Waals surface area (Å²) in [5.41, 5.74) is 0. The summed E-state index contributed by atoms with van der Waals surface area (Å²) in [7, 11) is 2.01. The van der Waals surface area contributed by atoms with Gasteiger partial charge in [-0.2, -0.15) is 0 Å². The van der Waals surface area contributed by atoms with E-state index in [4.69, 9.17) is 0 Å². The maximum atomic E-state index is 9.94. The van der Waals surface area contributed by atoms with Gasteiger partial charge in [0.1, 0.15) is 5.82 Å². The van der Waals surface area contributed by atoms with E-state index in [1.807, 2.05) is 24.0 Å². The lowest BCUT2D eigenvalue weighted by Gasteiger charge is -2.15. The lowest BCUT2D eigenvalue weighted by atomic mass is 10.0. The lowest BCUT2D eigenvalue weighted by Crippen LogP contribution is -2.30. The maximum Gasteiger partial charge on any atom is 0.109 e. The Morgan fingerprint density at radius 2 is 2.28 bits per heavy atom. The molecular formula is C14H25N3O. The molecule has 4 nitrogen and oxygen atoms in total. The second-order valence-corrected chi connectivity index (χ2v) is 5.45. The molecule has 18 heavy (non-hydrogen) atoms. The Balaban J connectivity index is 1.56. The Labute approximate surface area is 109 Å². The zero-order chi connectivity index (χ0) is 12.8. The third-order valence-electron chi connectivity index (χ3n) is 3.91. The third kappa shape index (κ3) is 4.10. The predicted molar refractivity (Wildman–Crippen MR) is 72.4 cm³/mol. The first-order chi connectivity index (χ1) is 8.75. The van der Waals surface area contributed by atoms with E-state index in [9.17, 15) is 5.11 Å². The fraction of sp³-hybridized carbons (Fsp3) is 0.786. The predicted octanol–water partition coefficient (Wildman–Crippen LogP) is 1.49. The van der Waals surface area contributed by atoms with E-state index in [1.54, 1.807) is 0 Å². The number of aromatic nitrogens is 2. The van der Waals surface area contributed by atoms with Crippen LogP contribution in [-0.4, -0.2) is 33.9 Å². The second-order valence-electron chi connectivity index (χ2n) is 5.45. The molecular weight excluding hydrogens is 226 g/mol. The third-order valence-corrected chi connectivity index (χ3v) is 3.91. The molecule has 2 N–H and O–H groups in total. The first kappa shape index (κ1) is 13.6. The molecule has 1 aliphatic carbocycles. The summed E-state index contributed by atoms with van der Waals surface area (Å²) in [5, 5.41) is 13.3. The minimum Gasteiger partial charge on any atom is -0.392 e. The van der Waals surface area contributed by atoms with Crippen LogP contribution in [0.15, 0.2) is 12.4 Å². The molecule has 1 aliphatic rings. The SMILES string of the molecule is Cn1ccnc1CCNCC(O)CC1CCCC1. The number of aliphatic hydroxyl groups is 1. The smallest absolute Gasteiger partial charge is 0.109 e. The van der Waals surface area contributed by atoms with Crippen molar-refractivity contribution in [3.05, 3.63) is 18.2 Å². The van der Waals surface area contributed by atoms with E-state index in [0.29, 0.717) is 6.54 Å². The van der Waals surface area contributed by atoms with Crippen LogP contribution in [0.2, 0.25) is 0 Å². The van der Waals surface area contributed by atoms with Gasteiger partial charge in [0.25, 0.3) is 0 Å². The van der Waals surface area contributed by atoms with Crippen LogP contribution in [0.5, 0.6) is 0 Å². The van der Waals surface area contributed by atoms with Crippen LogP contribution in [0, 0.1) is 5.92 Å². The topological polar surface area (TPSA) is 50.1 Å². The van der Waals surface area contributed by atoms with Gasteiger partial charge >= 0.3 is 0 Å². The van der Waals surface area contributed by atoms with Crippen LogP contribution in [0.25, 0.3) is 0 Å². The van der Waals surface area contributed by atoms with Crippen molar-refractivity contribution in [2.45, 2.75) is 44.6 Å². The van der Waals surface area contributed by atoms with Gasteiger partial charge < -0.3 is 15.0 Å². The number of imidazole rings is 1. The van der Waals surface area contributed by atoms with E-state index in [1.165, 1.54) is 25.7 Å². The average molecular weight is 251 g/mol. The van der Waals surface area contributed by atoms with Crippen LogP contribution in [0.1, 0.15) is 37.9 Å². The highest BCUT2D eigenvalue weighted by Gasteiger charge is 2.18. The summed E-state index contributed by atoms with van der Waals surface area (Å²) >= 11 is 0. The zero-order valence-electron chi connectivity index (χ0n) is 11.3. The van der Waals surface area contributed by atoms with Gasteiger partial charge in [0.05, 0.1) is 6.10 Å². The van der Waals surface area contributed by atoms with E-state index in [2.05, 4.69) is 10.3 Å². The Morgan fingerprint density at radius 1 is 1.50 bits per heavy atom. The second kappa shape index (κ2) is 6.90. The number of hydrogen-bond donors (Lipinski definition) is 2. The van der Waals surface area contributed by atoms with Gasteiger partial charge in [-0.25, -0.2) is 4.98 Å². The van der Waals surface area contributed by atoms with Crippen molar-refractivity contribution in [2.24, 2.45) is 13.0 Å². The molecule has 0 aromatic carbocycles. The molecule has 1 heterocycles. The van der Waals surface area contributed by atoms with Gasteiger partial charge in [-0.05, 0) is 12.3 Å². The van der Waals surface area contributed by atoms with Crippen LogP contribution in [0.4, 0.5) is 0 Å². The minimum absolute atomic E-state index is 0.186. The summed E-state index contributed by atoms with van der Waals surface area (Å²) in [4.78, 5) is 4.28. The number of aliphatic hydroxyl groups excluding tert-OH is 1. The average Bonchev–Trinajstić information content (AvgIpc) is 2.97. The molecule has 1 saturated carbocycles. The molecule has 1 aromatic rings. The zero-order valence-corrected chi connectivity index (χ0v) is 11.3. The molecule has 1 fully saturated rings. The number of aryl methyl sites for hydroxylation is 1.